The van der Waals surface area contributed by atoms with E-state index in [2.05, 4.69) is 16.0 Å². The molecule has 1 aliphatic rings. The van der Waals surface area contributed by atoms with E-state index in [1.54, 1.807) is 6.92 Å². The molecule has 9 nitrogen and oxygen atoms in total. The molecule has 2 rings (SSSR count). The monoisotopic (exact) mass is 504 g/mol. The summed E-state index contributed by atoms with van der Waals surface area (Å²) in [5, 5.41) is 9.25. The Morgan fingerprint density at radius 2 is 1.88 bits per heavy atom. The lowest BCUT2D eigenvalue weighted by Crippen LogP contribution is -2.48. The van der Waals surface area contributed by atoms with Crippen molar-refractivity contribution in [1.82, 2.24) is 16.0 Å². The van der Waals surface area contributed by atoms with Gasteiger partial charge < -0.3 is 21.3 Å². The van der Waals surface area contributed by atoms with Crippen molar-refractivity contribution in [3.05, 3.63) is 28.8 Å². The minimum Gasteiger partial charge on any atom is -0.353 e. The minimum atomic E-state index is -4.80. The first-order chi connectivity index (χ1) is 15.7. The van der Waals surface area contributed by atoms with Crippen LogP contribution in [0.2, 0.25) is 5.02 Å². The Morgan fingerprint density at radius 3 is 2.41 bits per heavy atom. The second-order valence-electron chi connectivity index (χ2n) is 7.99. The standard InChI is InChI=1S/C21H24ClF3N4O5/c1-9-6-11(18(32)27-9)7-15(16(30)20(34)26-3)29-19(33)13-8-12(22)4-5-14(13)28-17(31)10(2)21(23,24)25/h4-5,8-11,15H,6-7H2,1-3H3,(H,26,34)(H,27,32)(H,28,31)(H,29,33)/t9-,10?,11+,15+/m1/s1. The Morgan fingerprint density at radius 1 is 1.24 bits per heavy atom. The fourth-order valence-corrected chi connectivity index (χ4v) is 3.57. The quantitative estimate of drug-likeness (QED) is 0.401. The molecule has 0 radical (unpaired) electrons. The summed E-state index contributed by atoms with van der Waals surface area (Å²) in [4.78, 5) is 61.6. The highest BCUT2D eigenvalue weighted by atomic mass is 35.5. The Hall–Kier alpha value is -3.15. The van der Waals surface area contributed by atoms with Gasteiger partial charge in [-0.25, -0.2) is 0 Å². The largest absolute Gasteiger partial charge is 0.400 e. The van der Waals surface area contributed by atoms with Crippen LogP contribution < -0.4 is 21.3 Å². The number of amides is 4. The molecule has 1 saturated heterocycles. The highest BCUT2D eigenvalue weighted by Gasteiger charge is 2.41. The molecule has 1 fully saturated rings. The lowest BCUT2D eigenvalue weighted by Gasteiger charge is -2.21. The van der Waals surface area contributed by atoms with E-state index in [9.17, 15) is 37.1 Å². The van der Waals surface area contributed by atoms with Gasteiger partial charge in [0.2, 0.25) is 17.6 Å². The van der Waals surface area contributed by atoms with Crippen molar-refractivity contribution in [2.45, 2.75) is 44.9 Å². The Balaban J connectivity index is 2.31. The fraction of sp³-hybridized carbons (Fsp3) is 0.476. The third kappa shape index (κ3) is 6.69. The maximum Gasteiger partial charge on any atom is 0.400 e. The molecule has 0 aliphatic carbocycles. The molecule has 13 heteroatoms. The van der Waals surface area contributed by atoms with Gasteiger partial charge in [-0.05, 0) is 44.9 Å². The van der Waals surface area contributed by atoms with Crippen molar-refractivity contribution >= 4 is 46.7 Å². The van der Waals surface area contributed by atoms with Crippen LogP contribution >= 0.6 is 11.6 Å². The molecule has 0 aromatic heterocycles. The van der Waals surface area contributed by atoms with E-state index in [0.717, 1.165) is 12.1 Å². The first-order valence-electron chi connectivity index (χ1n) is 10.3. The number of hydrogen-bond donors (Lipinski definition) is 4. The number of alkyl halides is 3. The molecule has 0 bridgehead atoms. The van der Waals surface area contributed by atoms with E-state index >= 15 is 0 Å². The third-order valence-electron chi connectivity index (χ3n) is 5.36. The summed E-state index contributed by atoms with van der Waals surface area (Å²) < 4.78 is 38.6. The van der Waals surface area contributed by atoms with Crippen molar-refractivity contribution in [3.63, 3.8) is 0 Å². The van der Waals surface area contributed by atoms with Crippen LogP contribution in [0.25, 0.3) is 0 Å². The number of benzene rings is 1. The van der Waals surface area contributed by atoms with Gasteiger partial charge in [0.15, 0.2) is 0 Å². The molecule has 1 aliphatic heterocycles. The van der Waals surface area contributed by atoms with Gasteiger partial charge in [-0.15, -0.1) is 0 Å². The molecular formula is C21H24ClF3N4O5. The summed E-state index contributed by atoms with van der Waals surface area (Å²) in [7, 11) is 1.22. The summed E-state index contributed by atoms with van der Waals surface area (Å²) >= 11 is 5.92. The number of Topliss-reactive ketones (excluding diaryl/α,β-unsaturated/α-hetero) is 1. The van der Waals surface area contributed by atoms with Gasteiger partial charge in [-0.2, -0.15) is 13.2 Å². The molecule has 0 saturated carbocycles. The minimum absolute atomic E-state index is 0.0326. The number of carbonyl (C=O) groups excluding carboxylic acids is 5. The van der Waals surface area contributed by atoms with Gasteiger partial charge in [-0.3, -0.25) is 24.0 Å². The van der Waals surface area contributed by atoms with Crippen LogP contribution in [0.15, 0.2) is 18.2 Å². The lowest BCUT2D eigenvalue weighted by atomic mass is 9.93. The number of carbonyl (C=O) groups is 5. The number of halogens is 4. The number of likely N-dealkylation sites (N-methyl/N-ethyl adjacent to an activating group) is 1. The van der Waals surface area contributed by atoms with Crippen LogP contribution in [0.4, 0.5) is 18.9 Å². The smallest absolute Gasteiger partial charge is 0.353 e. The molecule has 1 aromatic carbocycles. The zero-order chi connectivity index (χ0) is 25.8. The normalized spacial score (nSPS) is 19.6. The zero-order valence-corrected chi connectivity index (χ0v) is 19.3. The molecule has 1 unspecified atom stereocenters. The second kappa shape index (κ2) is 10.9. The molecule has 4 N–H and O–H groups in total. The van der Waals surface area contributed by atoms with Crippen LogP contribution in [-0.4, -0.2) is 54.7 Å². The van der Waals surface area contributed by atoms with Crippen molar-refractivity contribution in [2.75, 3.05) is 12.4 Å². The summed E-state index contributed by atoms with van der Waals surface area (Å²) in [6.45, 7) is 2.42. The van der Waals surface area contributed by atoms with Gasteiger partial charge in [0.05, 0.1) is 17.3 Å². The Labute approximate surface area is 198 Å². The van der Waals surface area contributed by atoms with Crippen LogP contribution in [0, 0.1) is 11.8 Å². The predicted octanol–water partition coefficient (Wildman–Crippen LogP) is 1.81. The molecule has 1 heterocycles. The average Bonchev–Trinajstić information content (AvgIpc) is 3.08. The Kier molecular flexibility index (Phi) is 8.65. The fourth-order valence-electron chi connectivity index (χ4n) is 3.39. The van der Waals surface area contributed by atoms with E-state index in [1.807, 2.05) is 5.32 Å². The summed E-state index contributed by atoms with van der Waals surface area (Å²) in [5.74, 6) is -7.75. The first kappa shape index (κ1) is 27.1. The molecule has 186 valence electrons. The number of rotatable bonds is 8. The van der Waals surface area contributed by atoms with E-state index in [4.69, 9.17) is 11.6 Å². The van der Waals surface area contributed by atoms with Crippen LogP contribution in [0.1, 0.15) is 37.0 Å². The lowest BCUT2D eigenvalue weighted by molar-refractivity contribution is -0.175. The SMILES string of the molecule is CNC(=O)C(=O)[C@H](C[C@@H]1C[C@@H](C)NC1=O)NC(=O)c1cc(Cl)ccc1NC(=O)C(C)C(F)(F)F. The topological polar surface area (TPSA) is 133 Å². The van der Waals surface area contributed by atoms with Crippen LogP contribution in [0.5, 0.6) is 0 Å². The van der Waals surface area contributed by atoms with Gasteiger partial charge >= 0.3 is 6.18 Å². The predicted molar refractivity (Wildman–Crippen MR) is 116 cm³/mol. The van der Waals surface area contributed by atoms with Crippen molar-refractivity contribution in [2.24, 2.45) is 11.8 Å². The molecule has 4 atom stereocenters. The second-order valence-corrected chi connectivity index (χ2v) is 8.43. The first-order valence-corrected chi connectivity index (χ1v) is 10.7. The maximum absolute atomic E-state index is 13.0. The maximum atomic E-state index is 13.0. The van der Waals surface area contributed by atoms with Crippen molar-refractivity contribution < 1.29 is 37.1 Å². The molecule has 0 spiro atoms. The number of ketones is 1. The van der Waals surface area contributed by atoms with Crippen molar-refractivity contribution in [3.8, 4) is 0 Å². The number of hydrogen-bond acceptors (Lipinski definition) is 5. The molecule has 1 aromatic rings. The van der Waals surface area contributed by atoms with E-state index in [1.165, 1.54) is 13.1 Å². The summed E-state index contributed by atoms with van der Waals surface area (Å²) in [5.41, 5.74) is -0.601. The summed E-state index contributed by atoms with van der Waals surface area (Å²) in [6, 6.07) is 1.92. The number of nitrogens with one attached hydrogen (secondary N) is 4. The van der Waals surface area contributed by atoms with Crippen molar-refractivity contribution in [1.29, 1.82) is 0 Å². The molecular weight excluding hydrogens is 481 g/mol. The van der Waals surface area contributed by atoms with E-state index < -0.39 is 47.6 Å². The van der Waals surface area contributed by atoms with Crippen LogP contribution in [0.3, 0.4) is 0 Å². The van der Waals surface area contributed by atoms with Gasteiger partial charge in [-0.1, -0.05) is 11.6 Å². The molecule has 34 heavy (non-hydrogen) atoms. The molecule has 4 amide bonds. The zero-order valence-electron chi connectivity index (χ0n) is 18.5. The number of anilines is 1. The summed E-state index contributed by atoms with van der Waals surface area (Å²) in [6.07, 6.45) is -4.61. The van der Waals surface area contributed by atoms with Gasteiger partial charge in [0.25, 0.3) is 11.8 Å². The highest BCUT2D eigenvalue weighted by Crippen LogP contribution is 2.28. The average molecular weight is 505 g/mol. The third-order valence-corrected chi connectivity index (χ3v) is 5.59. The highest BCUT2D eigenvalue weighted by molar-refractivity contribution is 6.38. The van der Waals surface area contributed by atoms with Crippen LogP contribution in [-0.2, 0) is 19.2 Å². The van der Waals surface area contributed by atoms with Gasteiger partial charge in [0, 0.05) is 24.0 Å². The van der Waals surface area contributed by atoms with E-state index in [0.29, 0.717) is 13.3 Å². The van der Waals surface area contributed by atoms with E-state index in [-0.39, 0.29) is 34.6 Å². The Bertz CT molecular complexity index is 1000. The van der Waals surface area contributed by atoms with Gasteiger partial charge in [0.1, 0.15) is 5.92 Å².